The van der Waals surface area contributed by atoms with Crippen LogP contribution in [-0.4, -0.2) is 24.5 Å². The molecule has 0 saturated carbocycles. The van der Waals surface area contributed by atoms with E-state index in [1.807, 2.05) is 0 Å². The van der Waals surface area contributed by atoms with Crippen molar-refractivity contribution in [1.29, 1.82) is 0 Å². The summed E-state index contributed by atoms with van der Waals surface area (Å²) in [4.78, 5) is 2.61. The van der Waals surface area contributed by atoms with E-state index in [-0.39, 0.29) is 0 Å². The molecular weight excluding hydrogens is 220 g/mol. The molecule has 18 heavy (non-hydrogen) atoms. The first-order valence-corrected chi connectivity index (χ1v) is 7.19. The molecule has 1 fully saturated rings. The van der Waals surface area contributed by atoms with Crippen LogP contribution in [-0.2, 0) is 0 Å². The zero-order chi connectivity index (χ0) is 13.1. The Labute approximate surface area is 111 Å². The van der Waals surface area contributed by atoms with Gasteiger partial charge < -0.3 is 5.73 Å². The number of hydrogen-bond acceptors (Lipinski definition) is 2. The van der Waals surface area contributed by atoms with Gasteiger partial charge in [0.25, 0.3) is 0 Å². The van der Waals surface area contributed by atoms with Gasteiger partial charge in [0, 0.05) is 6.04 Å². The highest BCUT2D eigenvalue weighted by atomic mass is 15.2. The number of benzene rings is 1. The monoisotopic (exact) mass is 246 g/mol. The fourth-order valence-corrected chi connectivity index (χ4v) is 3.47. The van der Waals surface area contributed by atoms with Gasteiger partial charge >= 0.3 is 0 Å². The van der Waals surface area contributed by atoms with E-state index in [1.54, 1.807) is 0 Å². The van der Waals surface area contributed by atoms with E-state index in [9.17, 15) is 0 Å². The summed E-state index contributed by atoms with van der Waals surface area (Å²) in [5, 5.41) is 0. The Balaban J connectivity index is 2.42. The summed E-state index contributed by atoms with van der Waals surface area (Å²) in [6, 6.07) is 7.15. The third kappa shape index (κ3) is 2.45. The van der Waals surface area contributed by atoms with Crippen LogP contribution >= 0.6 is 0 Å². The van der Waals surface area contributed by atoms with Gasteiger partial charge in [-0.15, -0.1) is 0 Å². The van der Waals surface area contributed by atoms with Crippen LogP contribution in [0.5, 0.6) is 0 Å². The Morgan fingerprint density at radius 3 is 2.50 bits per heavy atom. The SMILES string of the molecule is CCN1CCCC(CN)C1c1c(C)cccc1C. The molecule has 2 unspecified atom stereocenters. The first-order chi connectivity index (χ1) is 8.69. The van der Waals surface area contributed by atoms with Crippen molar-refractivity contribution in [2.45, 2.75) is 39.7 Å². The van der Waals surface area contributed by atoms with E-state index < -0.39 is 0 Å². The second kappa shape index (κ2) is 5.85. The molecule has 2 atom stereocenters. The minimum atomic E-state index is 0.523. The normalized spacial score (nSPS) is 25.3. The molecule has 1 saturated heterocycles. The lowest BCUT2D eigenvalue weighted by Gasteiger charge is -2.42. The summed E-state index contributed by atoms with van der Waals surface area (Å²) in [7, 11) is 0. The standard InChI is InChI=1S/C16H26N2/c1-4-18-10-6-9-14(11-17)16(18)15-12(2)7-5-8-13(15)3/h5,7-8,14,16H,4,6,9-11,17H2,1-3H3. The van der Waals surface area contributed by atoms with E-state index >= 15 is 0 Å². The Morgan fingerprint density at radius 2 is 1.94 bits per heavy atom. The van der Waals surface area contributed by atoms with E-state index in [1.165, 1.54) is 36.1 Å². The molecule has 0 aliphatic carbocycles. The molecule has 2 N–H and O–H groups in total. The molecule has 2 heteroatoms. The first kappa shape index (κ1) is 13.6. The molecule has 1 heterocycles. The molecule has 100 valence electrons. The maximum atomic E-state index is 6.02. The molecule has 1 aromatic rings. The summed E-state index contributed by atoms with van der Waals surface area (Å²) >= 11 is 0. The lowest BCUT2D eigenvalue weighted by Crippen LogP contribution is -2.42. The van der Waals surface area contributed by atoms with Gasteiger partial charge in [0.05, 0.1) is 0 Å². The van der Waals surface area contributed by atoms with Gasteiger partial charge in [0.15, 0.2) is 0 Å². The van der Waals surface area contributed by atoms with Crippen LogP contribution in [0.25, 0.3) is 0 Å². The highest BCUT2D eigenvalue weighted by Crippen LogP contribution is 2.38. The van der Waals surface area contributed by atoms with Gasteiger partial charge in [-0.1, -0.05) is 25.1 Å². The lowest BCUT2D eigenvalue weighted by atomic mass is 9.81. The molecular formula is C16H26N2. The third-order valence-corrected chi connectivity index (χ3v) is 4.41. The van der Waals surface area contributed by atoms with Crippen LogP contribution in [0.2, 0.25) is 0 Å². The number of rotatable bonds is 3. The number of nitrogens with zero attached hydrogens (tertiary/aromatic N) is 1. The molecule has 0 bridgehead atoms. The lowest BCUT2D eigenvalue weighted by molar-refractivity contribution is 0.101. The Morgan fingerprint density at radius 1 is 1.28 bits per heavy atom. The second-order valence-corrected chi connectivity index (χ2v) is 5.52. The molecule has 0 amide bonds. The maximum absolute atomic E-state index is 6.02. The van der Waals surface area contributed by atoms with Crippen LogP contribution in [0.4, 0.5) is 0 Å². The van der Waals surface area contributed by atoms with Crippen molar-refractivity contribution in [2.24, 2.45) is 11.7 Å². The predicted molar refractivity (Wildman–Crippen MR) is 77.7 cm³/mol. The zero-order valence-electron chi connectivity index (χ0n) is 11.9. The first-order valence-electron chi connectivity index (χ1n) is 7.19. The fraction of sp³-hybridized carbons (Fsp3) is 0.625. The summed E-state index contributed by atoms with van der Waals surface area (Å²) in [5.41, 5.74) is 10.4. The zero-order valence-corrected chi connectivity index (χ0v) is 11.9. The molecule has 1 aromatic carbocycles. The maximum Gasteiger partial charge on any atom is 0.0393 e. The number of likely N-dealkylation sites (tertiary alicyclic amines) is 1. The van der Waals surface area contributed by atoms with Crippen LogP contribution in [0.15, 0.2) is 18.2 Å². The molecule has 0 aromatic heterocycles. The van der Waals surface area contributed by atoms with Gasteiger partial charge in [-0.2, -0.15) is 0 Å². The van der Waals surface area contributed by atoms with Crippen LogP contribution < -0.4 is 5.73 Å². The smallest absolute Gasteiger partial charge is 0.0393 e. The summed E-state index contributed by atoms with van der Waals surface area (Å²) in [5.74, 6) is 0.610. The van der Waals surface area contributed by atoms with Crippen molar-refractivity contribution in [2.75, 3.05) is 19.6 Å². The number of piperidine rings is 1. The third-order valence-electron chi connectivity index (χ3n) is 4.41. The summed E-state index contributed by atoms with van der Waals surface area (Å²) in [6.45, 7) is 9.87. The fourth-order valence-electron chi connectivity index (χ4n) is 3.47. The quantitative estimate of drug-likeness (QED) is 0.888. The van der Waals surface area contributed by atoms with Gasteiger partial charge in [-0.05, 0) is 68.9 Å². The van der Waals surface area contributed by atoms with Gasteiger partial charge in [0.2, 0.25) is 0 Å². The Hall–Kier alpha value is -0.860. The summed E-state index contributed by atoms with van der Waals surface area (Å²) in [6.07, 6.45) is 2.56. The van der Waals surface area contributed by atoms with Gasteiger partial charge in [-0.25, -0.2) is 0 Å². The van der Waals surface area contributed by atoms with E-state index in [4.69, 9.17) is 5.73 Å². The van der Waals surface area contributed by atoms with Crippen LogP contribution in [0.3, 0.4) is 0 Å². The minimum Gasteiger partial charge on any atom is -0.330 e. The topological polar surface area (TPSA) is 29.3 Å². The van der Waals surface area contributed by atoms with E-state index in [2.05, 4.69) is 43.9 Å². The van der Waals surface area contributed by atoms with Crippen molar-refractivity contribution < 1.29 is 0 Å². The van der Waals surface area contributed by atoms with Crippen molar-refractivity contribution in [3.8, 4) is 0 Å². The Kier molecular flexibility index (Phi) is 4.41. The molecule has 2 nitrogen and oxygen atoms in total. The van der Waals surface area contributed by atoms with Gasteiger partial charge in [-0.3, -0.25) is 4.90 Å². The molecule has 0 spiro atoms. The molecule has 0 radical (unpaired) electrons. The van der Waals surface area contributed by atoms with Crippen molar-refractivity contribution in [3.05, 3.63) is 34.9 Å². The highest BCUT2D eigenvalue weighted by molar-refractivity contribution is 5.37. The average Bonchev–Trinajstić information content (AvgIpc) is 2.38. The van der Waals surface area contributed by atoms with E-state index in [0.717, 1.165) is 13.1 Å². The van der Waals surface area contributed by atoms with Crippen LogP contribution in [0.1, 0.15) is 42.5 Å². The number of hydrogen-bond donors (Lipinski definition) is 1. The van der Waals surface area contributed by atoms with Crippen molar-refractivity contribution in [1.82, 2.24) is 4.90 Å². The van der Waals surface area contributed by atoms with E-state index in [0.29, 0.717) is 12.0 Å². The van der Waals surface area contributed by atoms with Crippen LogP contribution in [0, 0.1) is 19.8 Å². The van der Waals surface area contributed by atoms with Gasteiger partial charge in [0.1, 0.15) is 0 Å². The minimum absolute atomic E-state index is 0.523. The number of nitrogens with two attached hydrogens (primary N) is 1. The van der Waals surface area contributed by atoms with Crippen molar-refractivity contribution in [3.63, 3.8) is 0 Å². The highest BCUT2D eigenvalue weighted by Gasteiger charge is 2.32. The predicted octanol–water partition coefficient (Wildman–Crippen LogP) is 3.04. The number of aryl methyl sites for hydroxylation is 2. The average molecular weight is 246 g/mol. The summed E-state index contributed by atoms with van der Waals surface area (Å²) < 4.78 is 0. The molecule has 1 aliphatic rings. The molecule has 2 rings (SSSR count). The second-order valence-electron chi connectivity index (χ2n) is 5.52. The molecule has 1 aliphatic heterocycles. The van der Waals surface area contributed by atoms with Crippen molar-refractivity contribution >= 4 is 0 Å². The largest absolute Gasteiger partial charge is 0.330 e. The Bertz CT molecular complexity index is 368.